The van der Waals surface area contributed by atoms with Crippen molar-refractivity contribution in [2.24, 2.45) is 5.73 Å². The molecule has 0 saturated heterocycles. The normalized spacial score (nSPS) is 9.24. The van der Waals surface area contributed by atoms with E-state index in [2.05, 4.69) is 4.98 Å². The number of pyridine rings is 1. The minimum atomic E-state index is -0.847. The molecule has 2 aromatic rings. The zero-order valence-corrected chi connectivity index (χ0v) is 10.1. The molecule has 4 nitrogen and oxygen atoms in total. The lowest BCUT2D eigenvalue weighted by molar-refractivity contribution is 0.0702. The first-order valence-corrected chi connectivity index (χ1v) is 5.97. The number of hydrogen-bond acceptors (Lipinski definition) is 4. The summed E-state index contributed by atoms with van der Waals surface area (Å²) in [5.74, 6) is -0.847. The quantitative estimate of drug-likeness (QED) is 0.874. The molecular formula is C12H14N2O2S. The number of hydrogen-bond donors (Lipinski definition) is 2. The molecule has 0 saturated carbocycles. The summed E-state index contributed by atoms with van der Waals surface area (Å²) in [5, 5.41) is 10.0. The predicted octanol–water partition coefficient (Wildman–Crippen LogP) is 2.03. The lowest BCUT2D eigenvalue weighted by Crippen LogP contribution is -2.02. The molecule has 2 heterocycles. The van der Waals surface area contributed by atoms with Crippen molar-refractivity contribution in [1.82, 2.24) is 4.98 Å². The van der Waals surface area contributed by atoms with E-state index in [4.69, 9.17) is 10.8 Å². The summed E-state index contributed by atoms with van der Waals surface area (Å²) in [6, 6.07) is 7.25. The summed E-state index contributed by atoms with van der Waals surface area (Å²) in [7, 11) is 0. The van der Waals surface area contributed by atoms with Gasteiger partial charge in [-0.3, -0.25) is 4.98 Å². The van der Waals surface area contributed by atoms with Gasteiger partial charge in [0, 0.05) is 12.4 Å². The molecule has 0 aromatic carbocycles. The van der Waals surface area contributed by atoms with Crippen LogP contribution in [0.25, 0.3) is 0 Å². The Balaban J connectivity index is 0.000000171. The van der Waals surface area contributed by atoms with Gasteiger partial charge in [0.1, 0.15) is 4.88 Å². The van der Waals surface area contributed by atoms with Crippen LogP contribution in [0.4, 0.5) is 0 Å². The molecule has 0 aliphatic rings. The van der Waals surface area contributed by atoms with Gasteiger partial charge in [0.25, 0.3) is 0 Å². The Kier molecular flexibility index (Phi) is 5.92. The van der Waals surface area contributed by atoms with Crippen molar-refractivity contribution in [2.75, 3.05) is 6.54 Å². The van der Waals surface area contributed by atoms with Crippen molar-refractivity contribution in [2.45, 2.75) is 6.42 Å². The van der Waals surface area contributed by atoms with Gasteiger partial charge >= 0.3 is 5.97 Å². The largest absolute Gasteiger partial charge is 0.477 e. The van der Waals surface area contributed by atoms with Gasteiger partial charge in [0.05, 0.1) is 0 Å². The predicted molar refractivity (Wildman–Crippen MR) is 68.3 cm³/mol. The van der Waals surface area contributed by atoms with Crippen LogP contribution in [-0.2, 0) is 6.42 Å². The SMILES string of the molecule is NCCc1ccncc1.O=C(O)c1cccs1. The topological polar surface area (TPSA) is 76.2 Å². The number of rotatable bonds is 3. The number of nitrogens with zero attached hydrogens (tertiary/aromatic N) is 1. The van der Waals surface area contributed by atoms with Gasteiger partial charge < -0.3 is 10.8 Å². The standard InChI is InChI=1S/C7H10N2.C5H4O2S/c8-4-1-7-2-5-9-6-3-7;6-5(7)4-2-1-3-8-4/h2-3,5-6H,1,4,8H2;1-3H,(H,6,7). The maximum atomic E-state index is 10.1. The fraction of sp³-hybridized carbons (Fsp3) is 0.167. The van der Waals surface area contributed by atoms with Gasteiger partial charge in [-0.2, -0.15) is 0 Å². The molecule has 0 spiro atoms. The molecule has 17 heavy (non-hydrogen) atoms. The first-order chi connectivity index (χ1) is 8.24. The Hall–Kier alpha value is -1.72. The first kappa shape index (κ1) is 13.3. The van der Waals surface area contributed by atoms with E-state index in [1.807, 2.05) is 12.1 Å². The van der Waals surface area contributed by atoms with Crippen LogP contribution >= 0.6 is 11.3 Å². The maximum Gasteiger partial charge on any atom is 0.345 e. The lowest BCUT2D eigenvalue weighted by Gasteiger charge is -1.93. The Bertz CT molecular complexity index is 429. The molecule has 3 N–H and O–H groups in total. The van der Waals surface area contributed by atoms with Gasteiger partial charge in [-0.15, -0.1) is 11.3 Å². The highest BCUT2D eigenvalue weighted by atomic mass is 32.1. The van der Waals surface area contributed by atoms with Crippen LogP contribution in [0, 0.1) is 0 Å². The summed E-state index contributed by atoms with van der Waals surface area (Å²) in [4.78, 5) is 14.4. The third-order valence-corrected chi connectivity index (χ3v) is 2.77. The Morgan fingerprint density at radius 1 is 1.35 bits per heavy atom. The van der Waals surface area contributed by atoms with Crippen molar-refractivity contribution in [3.8, 4) is 0 Å². The minimum Gasteiger partial charge on any atom is -0.477 e. The maximum absolute atomic E-state index is 10.1. The second-order valence-electron chi connectivity index (χ2n) is 3.18. The molecule has 0 atom stereocenters. The van der Waals surface area contributed by atoms with Crippen molar-refractivity contribution in [3.63, 3.8) is 0 Å². The smallest absolute Gasteiger partial charge is 0.345 e. The van der Waals surface area contributed by atoms with Gasteiger partial charge in [-0.1, -0.05) is 6.07 Å². The number of carbonyl (C=O) groups is 1. The zero-order chi connectivity index (χ0) is 12.5. The summed E-state index contributed by atoms with van der Waals surface area (Å²) in [5.41, 5.74) is 6.60. The summed E-state index contributed by atoms with van der Waals surface area (Å²) in [6.45, 7) is 0.712. The average Bonchev–Trinajstić information content (AvgIpc) is 2.85. The first-order valence-electron chi connectivity index (χ1n) is 5.10. The van der Waals surface area contributed by atoms with E-state index >= 15 is 0 Å². The molecule has 2 aromatic heterocycles. The van der Waals surface area contributed by atoms with Crippen LogP contribution in [0.1, 0.15) is 15.2 Å². The van der Waals surface area contributed by atoms with Gasteiger partial charge in [-0.05, 0) is 42.1 Å². The summed E-state index contributed by atoms with van der Waals surface area (Å²) >= 11 is 1.23. The average molecular weight is 250 g/mol. The van der Waals surface area contributed by atoms with Crippen molar-refractivity contribution < 1.29 is 9.90 Å². The van der Waals surface area contributed by atoms with Crippen LogP contribution in [0.5, 0.6) is 0 Å². The lowest BCUT2D eigenvalue weighted by atomic mass is 10.2. The molecule has 2 rings (SSSR count). The van der Waals surface area contributed by atoms with Crippen molar-refractivity contribution >= 4 is 17.3 Å². The van der Waals surface area contributed by atoms with Crippen LogP contribution in [-0.4, -0.2) is 22.6 Å². The van der Waals surface area contributed by atoms with E-state index in [1.165, 1.54) is 16.9 Å². The number of carboxylic acid groups (broad SMARTS) is 1. The molecule has 90 valence electrons. The number of aromatic nitrogens is 1. The number of nitrogens with two attached hydrogens (primary N) is 1. The second-order valence-corrected chi connectivity index (χ2v) is 4.12. The number of thiophene rings is 1. The van der Waals surface area contributed by atoms with E-state index in [0.29, 0.717) is 11.4 Å². The molecular weight excluding hydrogens is 236 g/mol. The molecule has 0 amide bonds. The molecule has 0 bridgehead atoms. The Morgan fingerprint density at radius 2 is 2.06 bits per heavy atom. The van der Waals surface area contributed by atoms with Gasteiger partial charge in [0.2, 0.25) is 0 Å². The summed E-state index contributed by atoms with van der Waals surface area (Å²) < 4.78 is 0. The Morgan fingerprint density at radius 3 is 2.47 bits per heavy atom. The molecule has 0 radical (unpaired) electrons. The van der Waals surface area contributed by atoms with Crippen LogP contribution in [0.3, 0.4) is 0 Å². The third kappa shape index (κ3) is 5.24. The van der Waals surface area contributed by atoms with Gasteiger partial charge in [-0.25, -0.2) is 4.79 Å². The van der Waals surface area contributed by atoms with E-state index in [1.54, 1.807) is 29.9 Å². The van der Waals surface area contributed by atoms with E-state index in [0.717, 1.165) is 6.42 Å². The van der Waals surface area contributed by atoms with Crippen LogP contribution in [0.15, 0.2) is 42.0 Å². The molecule has 0 aliphatic heterocycles. The Labute approximate surface area is 104 Å². The molecule has 0 fully saturated rings. The van der Waals surface area contributed by atoms with Crippen LogP contribution in [0.2, 0.25) is 0 Å². The molecule has 5 heteroatoms. The van der Waals surface area contributed by atoms with E-state index in [9.17, 15) is 4.79 Å². The zero-order valence-electron chi connectivity index (χ0n) is 9.24. The fourth-order valence-corrected chi connectivity index (χ4v) is 1.68. The monoisotopic (exact) mass is 250 g/mol. The van der Waals surface area contributed by atoms with Crippen molar-refractivity contribution in [1.29, 1.82) is 0 Å². The highest BCUT2D eigenvalue weighted by Gasteiger charge is 1.99. The minimum absolute atomic E-state index is 0.394. The van der Waals surface area contributed by atoms with E-state index < -0.39 is 5.97 Å². The molecule has 0 unspecified atom stereocenters. The second kappa shape index (κ2) is 7.54. The summed E-state index contributed by atoms with van der Waals surface area (Å²) in [6.07, 6.45) is 4.51. The third-order valence-electron chi connectivity index (χ3n) is 1.91. The van der Waals surface area contributed by atoms with E-state index in [-0.39, 0.29) is 0 Å². The van der Waals surface area contributed by atoms with Crippen molar-refractivity contribution in [3.05, 3.63) is 52.5 Å². The number of aromatic carboxylic acids is 1. The van der Waals surface area contributed by atoms with Crippen LogP contribution < -0.4 is 5.73 Å². The highest BCUT2D eigenvalue weighted by Crippen LogP contribution is 2.06. The van der Waals surface area contributed by atoms with Gasteiger partial charge in [0.15, 0.2) is 0 Å². The molecule has 0 aliphatic carbocycles. The highest BCUT2D eigenvalue weighted by molar-refractivity contribution is 7.11. The number of carboxylic acids is 1. The fourth-order valence-electron chi connectivity index (χ4n) is 1.12.